The van der Waals surface area contributed by atoms with E-state index in [0.29, 0.717) is 6.54 Å². The number of nitrogens with zero attached hydrogens (tertiary/aromatic N) is 2. The normalized spacial score (nSPS) is 11.9. The lowest BCUT2D eigenvalue weighted by atomic mass is 10.0. The molecule has 0 aliphatic heterocycles. The third-order valence-corrected chi connectivity index (χ3v) is 6.24. The molecule has 0 unspecified atom stereocenters. The van der Waals surface area contributed by atoms with Gasteiger partial charge in [-0.25, -0.2) is 0 Å². The Labute approximate surface area is 201 Å². The highest BCUT2D eigenvalue weighted by Crippen LogP contribution is 2.22. The molecule has 0 bridgehead atoms. The maximum Gasteiger partial charge on any atom is 0.246 e. The van der Waals surface area contributed by atoms with Crippen molar-refractivity contribution in [3.63, 3.8) is 0 Å². The zero-order valence-electron chi connectivity index (χ0n) is 20.3. The first-order valence-electron chi connectivity index (χ1n) is 11.7. The molecule has 3 aromatic carbocycles. The molecule has 0 aliphatic carbocycles. The SMILES string of the molecule is Cc1ccc(C)c(NC(=O)[C@H](NCc2c(C)nn(Cc3ccccc3)c2C)c2ccccc2)c1. The molecular formula is C29H32N4O. The number of anilines is 1. The van der Waals surface area contributed by atoms with Crippen molar-refractivity contribution in [3.05, 3.63) is 118 Å². The van der Waals surface area contributed by atoms with Gasteiger partial charge in [-0.1, -0.05) is 72.8 Å². The van der Waals surface area contributed by atoms with Gasteiger partial charge in [0.1, 0.15) is 6.04 Å². The summed E-state index contributed by atoms with van der Waals surface area (Å²) in [6, 6.07) is 25.8. The average molecular weight is 453 g/mol. The number of carbonyl (C=O) groups is 1. The highest BCUT2D eigenvalue weighted by Gasteiger charge is 2.22. The molecule has 0 spiro atoms. The van der Waals surface area contributed by atoms with Gasteiger partial charge in [-0.2, -0.15) is 5.10 Å². The third-order valence-electron chi connectivity index (χ3n) is 6.24. The second kappa shape index (κ2) is 10.5. The van der Waals surface area contributed by atoms with Crippen molar-refractivity contribution in [1.29, 1.82) is 0 Å². The van der Waals surface area contributed by atoms with Crippen LogP contribution in [0.3, 0.4) is 0 Å². The lowest BCUT2D eigenvalue weighted by Gasteiger charge is -2.20. The summed E-state index contributed by atoms with van der Waals surface area (Å²) in [5.41, 5.74) is 8.34. The predicted molar refractivity (Wildman–Crippen MR) is 138 cm³/mol. The topological polar surface area (TPSA) is 59.0 Å². The van der Waals surface area contributed by atoms with E-state index in [1.165, 1.54) is 5.56 Å². The molecule has 0 saturated carbocycles. The second-order valence-electron chi connectivity index (χ2n) is 8.82. The van der Waals surface area contributed by atoms with Crippen LogP contribution in [0.2, 0.25) is 0 Å². The number of amides is 1. The van der Waals surface area contributed by atoms with Crippen LogP contribution in [0, 0.1) is 27.7 Å². The van der Waals surface area contributed by atoms with Gasteiger partial charge in [-0.15, -0.1) is 0 Å². The molecule has 1 aromatic heterocycles. The van der Waals surface area contributed by atoms with Gasteiger partial charge in [0.2, 0.25) is 5.91 Å². The van der Waals surface area contributed by atoms with Crippen LogP contribution in [0.5, 0.6) is 0 Å². The van der Waals surface area contributed by atoms with Gasteiger partial charge in [0.25, 0.3) is 0 Å². The molecule has 2 N–H and O–H groups in total. The van der Waals surface area contributed by atoms with Crippen molar-refractivity contribution in [2.24, 2.45) is 0 Å². The van der Waals surface area contributed by atoms with Crippen LogP contribution in [0.15, 0.2) is 78.9 Å². The van der Waals surface area contributed by atoms with E-state index in [1.54, 1.807) is 0 Å². The molecule has 0 aliphatic rings. The van der Waals surface area contributed by atoms with Crippen molar-refractivity contribution in [2.45, 2.75) is 46.8 Å². The lowest BCUT2D eigenvalue weighted by molar-refractivity contribution is -0.118. The van der Waals surface area contributed by atoms with Crippen LogP contribution in [-0.2, 0) is 17.9 Å². The Hall–Kier alpha value is -3.70. The predicted octanol–water partition coefficient (Wildman–Crippen LogP) is 5.63. The Morgan fingerprint density at radius 3 is 2.29 bits per heavy atom. The van der Waals surface area contributed by atoms with E-state index in [0.717, 1.165) is 45.9 Å². The molecule has 4 rings (SSSR count). The van der Waals surface area contributed by atoms with Gasteiger partial charge in [0.15, 0.2) is 0 Å². The number of hydrogen-bond donors (Lipinski definition) is 2. The summed E-state index contributed by atoms with van der Waals surface area (Å²) in [7, 11) is 0. The minimum Gasteiger partial charge on any atom is -0.324 e. The van der Waals surface area contributed by atoms with Crippen LogP contribution in [0.1, 0.15) is 45.2 Å². The first kappa shape index (κ1) is 23.5. The van der Waals surface area contributed by atoms with E-state index in [2.05, 4.69) is 35.8 Å². The Balaban J connectivity index is 1.55. The van der Waals surface area contributed by atoms with E-state index in [9.17, 15) is 4.79 Å². The van der Waals surface area contributed by atoms with Crippen molar-refractivity contribution >= 4 is 11.6 Å². The molecule has 5 nitrogen and oxygen atoms in total. The summed E-state index contributed by atoms with van der Waals surface area (Å²) < 4.78 is 2.04. The molecule has 1 amide bonds. The number of aryl methyl sites for hydroxylation is 3. The van der Waals surface area contributed by atoms with Crippen molar-refractivity contribution in [3.8, 4) is 0 Å². The molecule has 0 saturated heterocycles. The fourth-order valence-electron chi connectivity index (χ4n) is 4.19. The summed E-state index contributed by atoms with van der Waals surface area (Å²) in [4.78, 5) is 13.4. The third kappa shape index (κ3) is 5.43. The molecule has 34 heavy (non-hydrogen) atoms. The van der Waals surface area contributed by atoms with E-state index in [1.807, 2.05) is 86.1 Å². The van der Waals surface area contributed by atoms with Crippen LogP contribution in [0.4, 0.5) is 5.69 Å². The number of aromatic nitrogens is 2. The lowest BCUT2D eigenvalue weighted by Crippen LogP contribution is -2.33. The second-order valence-corrected chi connectivity index (χ2v) is 8.82. The van der Waals surface area contributed by atoms with Gasteiger partial charge in [0, 0.05) is 23.5 Å². The summed E-state index contributed by atoms with van der Waals surface area (Å²) in [6.07, 6.45) is 0. The highest BCUT2D eigenvalue weighted by molar-refractivity contribution is 5.96. The molecule has 5 heteroatoms. The van der Waals surface area contributed by atoms with Crippen molar-refractivity contribution in [2.75, 3.05) is 5.32 Å². The maximum absolute atomic E-state index is 13.4. The summed E-state index contributed by atoms with van der Waals surface area (Å²) in [6.45, 7) is 9.43. The Bertz CT molecular complexity index is 1260. The highest BCUT2D eigenvalue weighted by atomic mass is 16.2. The summed E-state index contributed by atoms with van der Waals surface area (Å²) >= 11 is 0. The average Bonchev–Trinajstić information content (AvgIpc) is 3.10. The number of benzene rings is 3. The fraction of sp³-hybridized carbons (Fsp3) is 0.241. The van der Waals surface area contributed by atoms with Crippen LogP contribution >= 0.6 is 0 Å². The first-order chi connectivity index (χ1) is 16.4. The molecule has 0 fully saturated rings. The molecule has 174 valence electrons. The van der Waals surface area contributed by atoms with Gasteiger partial charge in [-0.3, -0.25) is 14.8 Å². The number of hydrogen-bond acceptors (Lipinski definition) is 3. The quantitative estimate of drug-likeness (QED) is 0.364. The molecule has 0 radical (unpaired) electrons. The van der Waals surface area contributed by atoms with Gasteiger partial charge >= 0.3 is 0 Å². The Morgan fingerprint density at radius 1 is 0.912 bits per heavy atom. The standard InChI is InChI=1S/C29H32N4O/c1-20-15-16-21(2)27(17-20)31-29(34)28(25-13-9-6-10-14-25)30-18-26-22(3)32-33(23(26)4)19-24-11-7-5-8-12-24/h5-17,28,30H,18-19H2,1-4H3,(H,31,34)/t28-/m1/s1. The minimum absolute atomic E-state index is 0.0770. The fourth-order valence-corrected chi connectivity index (χ4v) is 4.19. The summed E-state index contributed by atoms with van der Waals surface area (Å²) in [5, 5.41) is 11.4. The number of rotatable bonds is 8. The maximum atomic E-state index is 13.4. The van der Waals surface area contributed by atoms with Crippen LogP contribution < -0.4 is 10.6 Å². The first-order valence-corrected chi connectivity index (χ1v) is 11.7. The minimum atomic E-state index is -0.489. The van der Waals surface area contributed by atoms with E-state index in [4.69, 9.17) is 5.10 Å². The zero-order valence-corrected chi connectivity index (χ0v) is 20.3. The largest absolute Gasteiger partial charge is 0.324 e. The Morgan fingerprint density at radius 2 is 1.59 bits per heavy atom. The van der Waals surface area contributed by atoms with Gasteiger partial charge in [0.05, 0.1) is 12.2 Å². The zero-order chi connectivity index (χ0) is 24.1. The monoisotopic (exact) mass is 452 g/mol. The molecular weight excluding hydrogens is 420 g/mol. The number of carbonyl (C=O) groups excluding carboxylic acids is 1. The molecule has 4 aromatic rings. The van der Waals surface area contributed by atoms with Crippen LogP contribution in [-0.4, -0.2) is 15.7 Å². The van der Waals surface area contributed by atoms with Crippen molar-refractivity contribution < 1.29 is 4.79 Å². The van der Waals surface area contributed by atoms with E-state index < -0.39 is 6.04 Å². The van der Waals surface area contributed by atoms with Gasteiger partial charge < -0.3 is 5.32 Å². The molecule has 1 atom stereocenters. The van der Waals surface area contributed by atoms with Crippen LogP contribution in [0.25, 0.3) is 0 Å². The van der Waals surface area contributed by atoms with E-state index in [-0.39, 0.29) is 5.91 Å². The summed E-state index contributed by atoms with van der Waals surface area (Å²) in [5.74, 6) is -0.0770. The van der Waals surface area contributed by atoms with Gasteiger partial charge in [-0.05, 0) is 56.0 Å². The molecule has 1 heterocycles. The smallest absolute Gasteiger partial charge is 0.246 e. The van der Waals surface area contributed by atoms with Crippen molar-refractivity contribution in [1.82, 2.24) is 15.1 Å². The Kier molecular flexibility index (Phi) is 7.24. The van der Waals surface area contributed by atoms with E-state index >= 15 is 0 Å². The number of nitrogens with one attached hydrogen (secondary N) is 2.